The molecule has 3 nitrogen and oxygen atoms in total. The maximum atomic E-state index is 12.5. The van der Waals surface area contributed by atoms with Gasteiger partial charge in [0, 0.05) is 19.0 Å². The van der Waals surface area contributed by atoms with E-state index < -0.39 is 0 Å². The van der Waals surface area contributed by atoms with Crippen LogP contribution in [0.15, 0.2) is 0 Å². The zero-order valence-electron chi connectivity index (χ0n) is 12.3. The minimum atomic E-state index is 0. The van der Waals surface area contributed by atoms with E-state index in [1.807, 2.05) is 0 Å². The van der Waals surface area contributed by atoms with Crippen molar-refractivity contribution in [1.82, 2.24) is 4.90 Å². The van der Waals surface area contributed by atoms with E-state index in [1.165, 1.54) is 19.3 Å². The van der Waals surface area contributed by atoms with Gasteiger partial charge < -0.3 is 10.6 Å². The highest BCUT2D eigenvalue weighted by molar-refractivity contribution is 5.85. The fourth-order valence-electron chi connectivity index (χ4n) is 3.67. The lowest BCUT2D eigenvalue weighted by Gasteiger charge is -2.36. The lowest BCUT2D eigenvalue weighted by Crippen LogP contribution is -2.44. The number of likely N-dealkylation sites (tertiary alicyclic amines) is 1. The molecule has 0 bridgehead atoms. The summed E-state index contributed by atoms with van der Waals surface area (Å²) in [4.78, 5) is 14.6. The van der Waals surface area contributed by atoms with Crippen molar-refractivity contribution in [3.8, 4) is 0 Å². The molecule has 1 amide bonds. The number of carbonyl (C=O) groups excluding carboxylic acids is 1. The van der Waals surface area contributed by atoms with Crippen LogP contribution >= 0.6 is 12.4 Å². The number of rotatable bonds is 3. The van der Waals surface area contributed by atoms with E-state index in [9.17, 15) is 4.79 Å². The molecule has 19 heavy (non-hydrogen) atoms. The van der Waals surface area contributed by atoms with Crippen LogP contribution in [-0.2, 0) is 4.79 Å². The zero-order valence-corrected chi connectivity index (χ0v) is 13.1. The number of nitrogens with two attached hydrogens (primary N) is 1. The van der Waals surface area contributed by atoms with E-state index in [1.54, 1.807) is 0 Å². The van der Waals surface area contributed by atoms with Crippen LogP contribution in [0.25, 0.3) is 0 Å². The van der Waals surface area contributed by atoms with Crippen molar-refractivity contribution in [2.75, 3.05) is 19.6 Å². The maximum Gasteiger partial charge on any atom is 0.226 e. The van der Waals surface area contributed by atoms with Crippen molar-refractivity contribution in [2.45, 2.75) is 46.0 Å². The van der Waals surface area contributed by atoms with Crippen LogP contribution < -0.4 is 5.73 Å². The molecule has 0 aromatic carbocycles. The van der Waals surface area contributed by atoms with Gasteiger partial charge in [-0.3, -0.25) is 4.79 Å². The number of nitrogens with zero attached hydrogens (tertiary/aromatic N) is 1. The van der Waals surface area contributed by atoms with Gasteiger partial charge in [-0.2, -0.15) is 0 Å². The van der Waals surface area contributed by atoms with Gasteiger partial charge in [0.2, 0.25) is 5.91 Å². The summed E-state index contributed by atoms with van der Waals surface area (Å²) >= 11 is 0. The van der Waals surface area contributed by atoms with E-state index in [0.29, 0.717) is 18.4 Å². The smallest absolute Gasteiger partial charge is 0.226 e. The summed E-state index contributed by atoms with van der Waals surface area (Å²) in [6.45, 7) is 7.21. The molecule has 0 radical (unpaired) electrons. The summed E-state index contributed by atoms with van der Waals surface area (Å²) in [6.07, 6.45) is 5.76. The van der Waals surface area contributed by atoms with E-state index in [0.717, 1.165) is 37.8 Å². The first-order valence-electron chi connectivity index (χ1n) is 7.62. The largest absolute Gasteiger partial charge is 0.342 e. The first-order valence-corrected chi connectivity index (χ1v) is 7.62. The fraction of sp³-hybridized carbons (Fsp3) is 0.933. The minimum absolute atomic E-state index is 0. The standard InChI is InChI=1S/C15H28N2O.ClH/c1-11(2)12-6-8-17(9-7-12)15(18)14-5-3-4-13(14)10-16;/h11-14H,3-10,16H2,1-2H3;1H/t13-,14-;/m1./s1. The quantitative estimate of drug-likeness (QED) is 0.868. The number of carbonyl (C=O) groups is 1. The molecule has 2 rings (SSSR count). The van der Waals surface area contributed by atoms with Gasteiger partial charge in [-0.25, -0.2) is 0 Å². The van der Waals surface area contributed by atoms with Crippen LogP contribution in [0.3, 0.4) is 0 Å². The molecule has 1 aliphatic heterocycles. The Hall–Kier alpha value is -0.280. The van der Waals surface area contributed by atoms with Crippen molar-refractivity contribution >= 4 is 18.3 Å². The Morgan fingerprint density at radius 3 is 2.37 bits per heavy atom. The molecule has 0 unspecified atom stereocenters. The van der Waals surface area contributed by atoms with Gasteiger partial charge in [-0.1, -0.05) is 20.3 Å². The van der Waals surface area contributed by atoms with Crippen molar-refractivity contribution in [2.24, 2.45) is 29.4 Å². The molecule has 1 heterocycles. The molecule has 2 fully saturated rings. The summed E-state index contributed by atoms with van der Waals surface area (Å²) in [5.41, 5.74) is 5.78. The van der Waals surface area contributed by atoms with Crippen LogP contribution in [0.1, 0.15) is 46.0 Å². The lowest BCUT2D eigenvalue weighted by atomic mass is 9.86. The molecule has 112 valence electrons. The van der Waals surface area contributed by atoms with Gasteiger partial charge in [0.25, 0.3) is 0 Å². The van der Waals surface area contributed by atoms with Gasteiger partial charge >= 0.3 is 0 Å². The predicted octanol–water partition coefficient (Wildman–Crippen LogP) is 2.68. The first kappa shape index (κ1) is 16.8. The highest BCUT2D eigenvalue weighted by atomic mass is 35.5. The first-order chi connectivity index (χ1) is 8.63. The Kier molecular flexibility index (Phi) is 6.61. The van der Waals surface area contributed by atoms with Crippen LogP contribution in [0.5, 0.6) is 0 Å². The molecule has 1 aliphatic carbocycles. The van der Waals surface area contributed by atoms with Crippen LogP contribution in [0.4, 0.5) is 0 Å². The van der Waals surface area contributed by atoms with Crippen molar-refractivity contribution < 1.29 is 4.79 Å². The minimum Gasteiger partial charge on any atom is -0.342 e. The van der Waals surface area contributed by atoms with Gasteiger partial charge in [0.05, 0.1) is 0 Å². The number of hydrogen-bond acceptors (Lipinski definition) is 2. The third-order valence-corrected chi connectivity index (χ3v) is 5.07. The third kappa shape index (κ3) is 3.85. The Labute approximate surface area is 123 Å². The van der Waals surface area contributed by atoms with Gasteiger partial charge in [-0.05, 0) is 50.0 Å². The maximum absolute atomic E-state index is 12.5. The van der Waals surface area contributed by atoms with Crippen LogP contribution in [0, 0.1) is 23.7 Å². The Morgan fingerprint density at radius 2 is 1.84 bits per heavy atom. The Bertz CT molecular complexity index is 288. The summed E-state index contributed by atoms with van der Waals surface area (Å²) in [5, 5.41) is 0. The molecule has 0 spiro atoms. The second kappa shape index (κ2) is 7.49. The van der Waals surface area contributed by atoms with E-state index in [-0.39, 0.29) is 18.3 Å². The molecule has 4 heteroatoms. The molecule has 0 aromatic heterocycles. The topological polar surface area (TPSA) is 46.3 Å². The molecular weight excluding hydrogens is 260 g/mol. The van der Waals surface area contributed by atoms with Gasteiger partial charge in [-0.15, -0.1) is 12.4 Å². The summed E-state index contributed by atoms with van der Waals surface area (Å²) in [6, 6.07) is 0. The molecule has 2 aliphatic rings. The van der Waals surface area contributed by atoms with Crippen molar-refractivity contribution in [1.29, 1.82) is 0 Å². The van der Waals surface area contributed by atoms with Crippen molar-refractivity contribution in [3.63, 3.8) is 0 Å². The number of halogens is 1. The predicted molar refractivity (Wildman–Crippen MR) is 81.3 cm³/mol. The monoisotopic (exact) mass is 288 g/mol. The highest BCUT2D eigenvalue weighted by Gasteiger charge is 2.36. The number of amides is 1. The summed E-state index contributed by atoms with van der Waals surface area (Å²) in [7, 11) is 0. The van der Waals surface area contributed by atoms with Crippen molar-refractivity contribution in [3.05, 3.63) is 0 Å². The number of piperidine rings is 1. The normalized spacial score (nSPS) is 28.5. The van der Waals surface area contributed by atoms with Gasteiger partial charge in [0.1, 0.15) is 0 Å². The SMILES string of the molecule is CC(C)C1CCN(C(=O)[C@@H]2CCC[C@@H]2CN)CC1.Cl. The third-order valence-electron chi connectivity index (χ3n) is 5.07. The summed E-state index contributed by atoms with van der Waals surface area (Å²) in [5.74, 6) is 2.63. The molecule has 1 saturated carbocycles. The molecule has 2 N–H and O–H groups in total. The number of hydrogen-bond donors (Lipinski definition) is 1. The molecular formula is C15H29ClN2O. The van der Waals surface area contributed by atoms with Crippen LogP contribution in [-0.4, -0.2) is 30.4 Å². The average molecular weight is 289 g/mol. The van der Waals surface area contributed by atoms with E-state index >= 15 is 0 Å². The Morgan fingerprint density at radius 1 is 1.21 bits per heavy atom. The second-order valence-electron chi connectivity index (χ2n) is 6.44. The second-order valence-corrected chi connectivity index (χ2v) is 6.44. The lowest BCUT2D eigenvalue weighted by molar-refractivity contribution is -0.138. The fourth-order valence-corrected chi connectivity index (χ4v) is 3.67. The summed E-state index contributed by atoms with van der Waals surface area (Å²) < 4.78 is 0. The molecule has 1 saturated heterocycles. The molecule has 2 atom stereocenters. The highest BCUT2D eigenvalue weighted by Crippen LogP contribution is 2.34. The van der Waals surface area contributed by atoms with Gasteiger partial charge in [0.15, 0.2) is 0 Å². The zero-order chi connectivity index (χ0) is 13.1. The van der Waals surface area contributed by atoms with E-state index in [4.69, 9.17) is 5.73 Å². The Balaban J connectivity index is 0.00000180. The average Bonchev–Trinajstić information content (AvgIpc) is 2.86. The van der Waals surface area contributed by atoms with Crippen LogP contribution in [0.2, 0.25) is 0 Å². The van der Waals surface area contributed by atoms with E-state index in [2.05, 4.69) is 18.7 Å². The molecule has 0 aromatic rings.